The van der Waals surface area contributed by atoms with Gasteiger partial charge in [-0.2, -0.15) is 0 Å². The van der Waals surface area contributed by atoms with Gasteiger partial charge in [0, 0.05) is 10.0 Å². The number of hydrogen-bond donors (Lipinski definition) is 0. The van der Waals surface area contributed by atoms with Crippen LogP contribution in [0.1, 0.15) is 16.7 Å². The van der Waals surface area contributed by atoms with Gasteiger partial charge in [-0.1, -0.05) is 46.3 Å². The summed E-state index contributed by atoms with van der Waals surface area (Å²) in [7, 11) is 1.53. The summed E-state index contributed by atoms with van der Waals surface area (Å²) in [4.78, 5) is 26.6. The van der Waals surface area contributed by atoms with Gasteiger partial charge in [-0.25, -0.2) is 4.39 Å². The Hall–Kier alpha value is -2.62. The normalized spacial score (nSPS) is 14.7. The zero-order valence-electron chi connectivity index (χ0n) is 17.9. The van der Waals surface area contributed by atoms with Crippen molar-refractivity contribution in [3.05, 3.63) is 97.0 Å². The molecular formula is C25H18Br2FNO4S. The van der Waals surface area contributed by atoms with E-state index >= 15 is 0 Å². The van der Waals surface area contributed by atoms with Crippen LogP contribution in [0.15, 0.2) is 74.5 Å². The van der Waals surface area contributed by atoms with Crippen molar-refractivity contribution in [3.8, 4) is 11.5 Å². The molecule has 1 fully saturated rings. The minimum atomic E-state index is -0.469. The fourth-order valence-corrected chi connectivity index (χ4v) is 4.96. The van der Waals surface area contributed by atoms with Crippen LogP contribution in [-0.4, -0.2) is 23.2 Å². The lowest BCUT2D eigenvalue weighted by Crippen LogP contribution is -2.27. The number of rotatable bonds is 7. The van der Waals surface area contributed by atoms with Gasteiger partial charge in [0.1, 0.15) is 12.4 Å². The van der Waals surface area contributed by atoms with Crippen molar-refractivity contribution >= 4 is 60.8 Å². The maximum atomic E-state index is 14.0. The predicted molar refractivity (Wildman–Crippen MR) is 137 cm³/mol. The van der Waals surface area contributed by atoms with Gasteiger partial charge in [0.25, 0.3) is 11.1 Å². The lowest BCUT2D eigenvalue weighted by Gasteiger charge is -2.14. The first-order valence-corrected chi connectivity index (χ1v) is 12.5. The fraction of sp³-hybridized carbons (Fsp3) is 0.120. The van der Waals surface area contributed by atoms with Crippen molar-refractivity contribution in [2.75, 3.05) is 7.11 Å². The molecular weight excluding hydrogens is 589 g/mol. The van der Waals surface area contributed by atoms with Crippen molar-refractivity contribution in [3.63, 3.8) is 0 Å². The van der Waals surface area contributed by atoms with Gasteiger partial charge in [0.2, 0.25) is 0 Å². The van der Waals surface area contributed by atoms with E-state index in [4.69, 9.17) is 9.47 Å². The van der Waals surface area contributed by atoms with Crippen LogP contribution < -0.4 is 9.47 Å². The number of halogens is 3. The van der Waals surface area contributed by atoms with Gasteiger partial charge < -0.3 is 9.47 Å². The molecule has 0 aliphatic carbocycles. The Morgan fingerprint density at radius 1 is 1.06 bits per heavy atom. The van der Waals surface area contributed by atoms with Crippen molar-refractivity contribution < 1.29 is 23.5 Å². The molecule has 1 heterocycles. The molecule has 0 spiro atoms. The highest BCUT2D eigenvalue weighted by molar-refractivity contribution is 9.10. The van der Waals surface area contributed by atoms with Gasteiger partial charge in [0.05, 0.1) is 23.0 Å². The van der Waals surface area contributed by atoms with Crippen LogP contribution >= 0.6 is 43.6 Å². The molecule has 0 bridgehead atoms. The molecule has 9 heteroatoms. The molecule has 3 aromatic carbocycles. The minimum Gasteiger partial charge on any atom is -0.493 e. The molecule has 0 radical (unpaired) electrons. The molecule has 34 heavy (non-hydrogen) atoms. The minimum absolute atomic E-state index is 0.121. The number of methoxy groups -OCH3 is 1. The first kappa shape index (κ1) is 24.5. The molecule has 0 unspecified atom stereocenters. The zero-order chi connectivity index (χ0) is 24.2. The third-order valence-corrected chi connectivity index (χ3v) is 7.03. The molecule has 2 amide bonds. The summed E-state index contributed by atoms with van der Waals surface area (Å²) < 4.78 is 27.1. The van der Waals surface area contributed by atoms with E-state index in [0.29, 0.717) is 28.1 Å². The monoisotopic (exact) mass is 605 g/mol. The highest BCUT2D eigenvalue weighted by Gasteiger charge is 2.35. The molecule has 4 rings (SSSR count). The second-order valence-electron chi connectivity index (χ2n) is 7.31. The van der Waals surface area contributed by atoms with E-state index in [9.17, 15) is 14.0 Å². The van der Waals surface area contributed by atoms with Crippen LogP contribution in [0.4, 0.5) is 9.18 Å². The summed E-state index contributed by atoms with van der Waals surface area (Å²) in [6.45, 7) is 0.223. The Balaban J connectivity index is 1.53. The Morgan fingerprint density at radius 3 is 2.50 bits per heavy atom. The number of carbonyl (C=O) groups is 2. The smallest absolute Gasteiger partial charge is 0.293 e. The Bertz CT molecular complexity index is 1280. The van der Waals surface area contributed by atoms with Crippen molar-refractivity contribution in [2.24, 2.45) is 0 Å². The quantitative estimate of drug-likeness (QED) is 0.267. The van der Waals surface area contributed by atoms with Gasteiger partial charge in [-0.3, -0.25) is 14.5 Å². The molecule has 5 nitrogen and oxygen atoms in total. The number of thioether (sulfide) groups is 1. The average Bonchev–Trinajstić information content (AvgIpc) is 3.07. The molecule has 3 aromatic rings. The van der Waals surface area contributed by atoms with Gasteiger partial charge in [-0.15, -0.1) is 0 Å². The van der Waals surface area contributed by atoms with E-state index in [1.807, 2.05) is 24.3 Å². The summed E-state index contributed by atoms with van der Waals surface area (Å²) in [5.74, 6) is 0.0698. The second kappa shape index (κ2) is 10.8. The number of carbonyl (C=O) groups excluding carboxylic acids is 2. The summed E-state index contributed by atoms with van der Waals surface area (Å²) in [5, 5.41) is -0.444. The molecule has 1 aliphatic heterocycles. The lowest BCUT2D eigenvalue weighted by atomic mass is 10.1. The van der Waals surface area contributed by atoms with Crippen LogP contribution in [0, 0.1) is 5.82 Å². The highest BCUT2D eigenvalue weighted by atomic mass is 79.9. The third kappa shape index (κ3) is 5.54. The van der Waals surface area contributed by atoms with Gasteiger partial charge >= 0.3 is 0 Å². The molecule has 0 N–H and O–H groups in total. The standard InChI is InChI=1S/C25H18Br2FNO4S/c1-32-21-11-16(10-19(27)23(21)33-14-15-6-8-18(26)9-7-15)12-22-24(30)29(25(31)34-22)13-17-4-2-3-5-20(17)28/h2-12H,13-14H2,1H3/b22-12-. The maximum Gasteiger partial charge on any atom is 0.293 e. The van der Waals surface area contributed by atoms with Crippen LogP contribution in [0.25, 0.3) is 6.08 Å². The van der Waals surface area contributed by atoms with Crippen LogP contribution in [0.2, 0.25) is 0 Å². The van der Waals surface area contributed by atoms with E-state index in [1.165, 1.54) is 13.2 Å². The maximum absolute atomic E-state index is 14.0. The van der Waals surface area contributed by atoms with Crippen LogP contribution in [0.3, 0.4) is 0 Å². The second-order valence-corrected chi connectivity index (χ2v) is 10.1. The van der Waals surface area contributed by atoms with E-state index in [-0.39, 0.29) is 17.0 Å². The fourth-order valence-electron chi connectivity index (χ4n) is 3.28. The first-order chi connectivity index (χ1) is 16.4. The third-order valence-electron chi connectivity index (χ3n) is 5.01. The topological polar surface area (TPSA) is 55.8 Å². The molecule has 174 valence electrons. The molecule has 0 aromatic heterocycles. The number of amides is 2. The number of nitrogens with zero attached hydrogens (tertiary/aromatic N) is 1. The van der Waals surface area contributed by atoms with Crippen molar-refractivity contribution in [2.45, 2.75) is 13.2 Å². The number of imide groups is 1. The number of hydrogen-bond acceptors (Lipinski definition) is 5. The van der Waals surface area contributed by atoms with Crippen LogP contribution in [0.5, 0.6) is 11.5 Å². The van der Waals surface area contributed by atoms with E-state index < -0.39 is 17.0 Å². The SMILES string of the molecule is COc1cc(/C=C2\SC(=O)N(Cc3ccccc3F)C2=O)cc(Br)c1OCc1ccc(Br)cc1. The highest BCUT2D eigenvalue weighted by Crippen LogP contribution is 2.39. The summed E-state index contributed by atoms with van der Waals surface area (Å²) in [5.41, 5.74) is 1.92. The lowest BCUT2D eigenvalue weighted by molar-refractivity contribution is -0.123. The van der Waals surface area contributed by atoms with Crippen molar-refractivity contribution in [1.82, 2.24) is 4.90 Å². The Kier molecular flexibility index (Phi) is 7.75. The van der Waals surface area contributed by atoms with Gasteiger partial charge in [-0.05, 0) is 75.2 Å². The van der Waals surface area contributed by atoms with E-state index in [1.54, 1.807) is 36.4 Å². The number of benzene rings is 3. The summed E-state index contributed by atoms with van der Waals surface area (Å²) >= 11 is 7.74. The molecule has 0 atom stereocenters. The molecule has 1 saturated heterocycles. The summed E-state index contributed by atoms with van der Waals surface area (Å²) in [6, 6.07) is 17.4. The van der Waals surface area contributed by atoms with Crippen LogP contribution in [-0.2, 0) is 17.9 Å². The zero-order valence-corrected chi connectivity index (χ0v) is 21.9. The van der Waals surface area contributed by atoms with E-state index in [2.05, 4.69) is 31.9 Å². The van der Waals surface area contributed by atoms with Crippen molar-refractivity contribution in [1.29, 1.82) is 0 Å². The van der Waals surface area contributed by atoms with Gasteiger partial charge in [0.15, 0.2) is 11.5 Å². The average molecular weight is 607 g/mol. The summed E-state index contributed by atoms with van der Waals surface area (Å²) in [6.07, 6.45) is 1.61. The predicted octanol–water partition coefficient (Wildman–Crippen LogP) is 7.17. The Morgan fingerprint density at radius 2 is 1.79 bits per heavy atom. The molecule has 0 saturated carbocycles. The largest absolute Gasteiger partial charge is 0.493 e. The number of ether oxygens (including phenoxy) is 2. The Labute approximate surface area is 217 Å². The first-order valence-electron chi connectivity index (χ1n) is 10.1. The molecule has 1 aliphatic rings. The van der Waals surface area contributed by atoms with E-state index in [0.717, 1.165) is 26.7 Å².